The van der Waals surface area contributed by atoms with Gasteiger partial charge in [0.15, 0.2) is 11.5 Å². The van der Waals surface area contributed by atoms with E-state index in [0.717, 1.165) is 11.4 Å². The van der Waals surface area contributed by atoms with Gasteiger partial charge in [-0.15, -0.1) is 0 Å². The van der Waals surface area contributed by atoms with Crippen LogP contribution in [0.2, 0.25) is 0 Å². The van der Waals surface area contributed by atoms with E-state index in [4.69, 9.17) is 14.2 Å². The average molecular weight is 391 g/mol. The summed E-state index contributed by atoms with van der Waals surface area (Å²) < 4.78 is 16.7. The van der Waals surface area contributed by atoms with Crippen molar-refractivity contribution < 1.29 is 19.0 Å². The molecule has 0 aliphatic carbocycles. The number of nitrogens with one attached hydrogen (secondary N) is 2. The number of para-hydroxylation sites is 2. The summed E-state index contributed by atoms with van der Waals surface area (Å²) in [4.78, 5) is 16.9. The summed E-state index contributed by atoms with van der Waals surface area (Å²) in [5.74, 6) is 1.77. The predicted molar refractivity (Wildman–Crippen MR) is 111 cm³/mol. The fourth-order valence-corrected chi connectivity index (χ4v) is 2.96. The summed E-state index contributed by atoms with van der Waals surface area (Å²) in [6.07, 6.45) is 3.18. The van der Waals surface area contributed by atoms with Crippen molar-refractivity contribution in [2.24, 2.45) is 0 Å². The number of nitrogens with zero attached hydrogens (tertiary/aromatic N) is 1. The standard InChI is InChI=1S/C22H21N3O4/c1-2-27-19-6-4-3-5-18(19)24-17-11-15(13-23-14-17)22(26)25-16-7-8-20-21(12-16)29-10-9-28-20/h3-8,11-14,24H,2,9-10H2,1H3,(H,25,26). The molecule has 0 radical (unpaired) electrons. The molecule has 0 fully saturated rings. The molecule has 2 heterocycles. The molecule has 1 aliphatic rings. The van der Waals surface area contributed by atoms with Crippen molar-refractivity contribution in [3.8, 4) is 17.2 Å². The van der Waals surface area contributed by atoms with Gasteiger partial charge in [-0.1, -0.05) is 12.1 Å². The SMILES string of the molecule is CCOc1ccccc1Nc1cncc(C(=O)Nc2ccc3c(c2)OCCO3)c1. The molecule has 2 N–H and O–H groups in total. The first kappa shape index (κ1) is 18.6. The number of carbonyl (C=O) groups is 1. The molecule has 0 bridgehead atoms. The van der Waals surface area contributed by atoms with E-state index in [9.17, 15) is 4.79 Å². The maximum atomic E-state index is 12.7. The molecular formula is C22H21N3O4. The number of benzene rings is 2. The number of hydrogen-bond donors (Lipinski definition) is 2. The van der Waals surface area contributed by atoms with Crippen molar-refractivity contribution in [2.45, 2.75) is 6.92 Å². The number of amides is 1. The Morgan fingerprint density at radius 1 is 1.03 bits per heavy atom. The highest BCUT2D eigenvalue weighted by molar-refractivity contribution is 6.04. The van der Waals surface area contributed by atoms with Gasteiger partial charge in [0.1, 0.15) is 19.0 Å². The molecule has 3 aromatic rings. The third-order valence-corrected chi connectivity index (χ3v) is 4.27. The molecule has 29 heavy (non-hydrogen) atoms. The second-order valence-corrected chi connectivity index (χ2v) is 6.33. The highest BCUT2D eigenvalue weighted by Crippen LogP contribution is 2.33. The van der Waals surface area contributed by atoms with Crippen LogP contribution < -0.4 is 24.8 Å². The van der Waals surface area contributed by atoms with E-state index in [1.807, 2.05) is 31.2 Å². The molecule has 0 saturated carbocycles. The monoisotopic (exact) mass is 391 g/mol. The number of ether oxygens (including phenoxy) is 3. The third kappa shape index (κ3) is 4.40. The maximum Gasteiger partial charge on any atom is 0.257 e. The van der Waals surface area contributed by atoms with Crippen molar-refractivity contribution in [3.05, 3.63) is 66.5 Å². The van der Waals surface area contributed by atoms with Crippen LogP contribution in [0.15, 0.2) is 60.9 Å². The van der Waals surface area contributed by atoms with Gasteiger partial charge in [-0.2, -0.15) is 0 Å². The molecule has 1 aliphatic heterocycles. The molecular weight excluding hydrogens is 370 g/mol. The van der Waals surface area contributed by atoms with E-state index in [1.54, 1.807) is 30.5 Å². The van der Waals surface area contributed by atoms with Crippen molar-refractivity contribution >= 4 is 23.0 Å². The quantitative estimate of drug-likeness (QED) is 0.654. The first-order chi connectivity index (χ1) is 14.2. The van der Waals surface area contributed by atoms with E-state index < -0.39 is 0 Å². The zero-order valence-electron chi connectivity index (χ0n) is 16.0. The highest BCUT2D eigenvalue weighted by Gasteiger charge is 2.14. The van der Waals surface area contributed by atoms with E-state index in [1.165, 1.54) is 6.20 Å². The van der Waals surface area contributed by atoms with Gasteiger partial charge in [-0.3, -0.25) is 9.78 Å². The van der Waals surface area contributed by atoms with Crippen LogP contribution in [-0.2, 0) is 0 Å². The normalized spacial score (nSPS) is 12.2. The summed E-state index contributed by atoms with van der Waals surface area (Å²) >= 11 is 0. The van der Waals surface area contributed by atoms with Gasteiger partial charge in [0.25, 0.3) is 5.91 Å². The number of aromatic nitrogens is 1. The van der Waals surface area contributed by atoms with Gasteiger partial charge in [0.2, 0.25) is 0 Å². The lowest BCUT2D eigenvalue weighted by Crippen LogP contribution is -2.16. The largest absolute Gasteiger partial charge is 0.492 e. The van der Waals surface area contributed by atoms with E-state index in [-0.39, 0.29) is 5.91 Å². The molecule has 7 heteroatoms. The molecule has 0 saturated heterocycles. The Kier molecular flexibility index (Phi) is 5.47. The molecule has 0 atom stereocenters. The van der Waals surface area contributed by atoms with Gasteiger partial charge >= 0.3 is 0 Å². The summed E-state index contributed by atoms with van der Waals surface area (Å²) in [5.41, 5.74) is 2.55. The topological polar surface area (TPSA) is 81.7 Å². The molecule has 4 rings (SSSR count). The van der Waals surface area contributed by atoms with Crippen LogP contribution in [0.4, 0.5) is 17.1 Å². The van der Waals surface area contributed by atoms with E-state index in [0.29, 0.717) is 48.3 Å². The zero-order valence-corrected chi connectivity index (χ0v) is 16.0. The smallest absolute Gasteiger partial charge is 0.257 e. The Bertz CT molecular complexity index is 1020. The number of fused-ring (bicyclic) bond motifs is 1. The number of hydrogen-bond acceptors (Lipinski definition) is 6. The van der Waals surface area contributed by atoms with Gasteiger partial charge in [-0.25, -0.2) is 0 Å². The van der Waals surface area contributed by atoms with E-state index in [2.05, 4.69) is 15.6 Å². The zero-order chi connectivity index (χ0) is 20.1. The fraction of sp³-hybridized carbons (Fsp3) is 0.182. The Morgan fingerprint density at radius 3 is 2.72 bits per heavy atom. The molecule has 148 valence electrons. The number of anilines is 3. The lowest BCUT2D eigenvalue weighted by Gasteiger charge is -2.19. The summed E-state index contributed by atoms with van der Waals surface area (Å²) in [6, 6.07) is 14.7. The average Bonchev–Trinajstić information content (AvgIpc) is 2.75. The maximum absolute atomic E-state index is 12.7. The van der Waals surface area contributed by atoms with Gasteiger partial charge < -0.3 is 24.8 Å². The highest BCUT2D eigenvalue weighted by atomic mass is 16.6. The minimum absolute atomic E-state index is 0.268. The minimum Gasteiger partial charge on any atom is -0.492 e. The lowest BCUT2D eigenvalue weighted by molar-refractivity contribution is 0.102. The van der Waals surface area contributed by atoms with E-state index >= 15 is 0 Å². The third-order valence-electron chi connectivity index (χ3n) is 4.27. The predicted octanol–water partition coefficient (Wildman–Crippen LogP) is 4.25. The van der Waals surface area contributed by atoms with Crippen molar-refractivity contribution in [3.63, 3.8) is 0 Å². The van der Waals surface area contributed by atoms with Crippen molar-refractivity contribution in [1.29, 1.82) is 0 Å². The lowest BCUT2D eigenvalue weighted by atomic mass is 10.2. The van der Waals surface area contributed by atoms with Crippen LogP contribution in [0.25, 0.3) is 0 Å². The van der Waals surface area contributed by atoms with Crippen LogP contribution in [0, 0.1) is 0 Å². The molecule has 2 aromatic carbocycles. The molecule has 0 spiro atoms. The summed E-state index contributed by atoms with van der Waals surface area (Å²) in [6.45, 7) is 3.51. The minimum atomic E-state index is -0.268. The summed E-state index contributed by atoms with van der Waals surface area (Å²) in [7, 11) is 0. The molecule has 7 nitrogen and oxygen atoms in total. The Morgan fingerprint density at radius 2 is 1.86 bits per heavy atom. The van der Waals surface area contributed by atoms with Crippen LogP contribution in [-0.4, -0.2) is 30.7 Å². The van der Waals surface area contributed by atoms with Crippen LogP contribution >= 0.6 is 0 Å². The Balaban J connectivity index is 1.49. The van der Waals surface area contributed by atoms with Gasteiger partial charge in [-0.05, 0) is 37.3 Å². The number of rotatable bonds is 6. The Labute approximate surface area is 168 Å². The van der Waals surface area contributed by atoms with Crippen LogP contribution in [0.5, 0.6) is 17.2 Å². The molecule has 0 unspecified atom stereocenters. The van der Waals surface area contributed by atoms with Crippen molar-refractivity contribution in [1.82, 2.24) is 4.98 Å². The molecule has 1 aromatic heterocycles. The van der Waals surface area contributed by atoms with Crippen LogP contribution in [0.3, 0.4) is 0 Å². The second kappa shape index (κ2) is 8.52. The van der Waals surface area contributed by atoms with Crippen molar-refractivity contribution in [2.75, 3.05) is 30.5 Å². The number of pyridine rings is 1. The van der Waals surface area contributed by atoms with Crippen LogP contribution in [0.1, 0.15) is 17.3 Å². The summed E-state index contributed by atoms with van der Waals surface area (Å²) in [5, 5.41) is 6.12. The second-order valence-electron chi connectivity index (χ2n) is 6.33. The fourth-order valence-electron chi connectivity index (χ4n) is 2.96. The number of carbonyl (C=O) groups excluding carboxylic acids is 1. The van der Waals surface area contributed by atoms with Gasteiger partial charge in [0.05, 0.1) is 29.7 Å². The first-order valence-electron chi connectivity index (χ1n) is 9.38. The van der Waals surface area contributed by atoms with Gasteiger partial charge in [0, 0.05) is 18.0 Å². The first-order valence-corrected chi connectivity index (χ1v) is 9.38. The molecule has 1 amide bonds. The Hall–Kier alpha value is -3.74.